The van der Waals surface area contributed by atoms with Crippen molar-refractivity contribution in [1.29, 1.82) is 0 Å². The molecule has 0 aromatic carbocycles. The number of hydrogen-bond donors (Lipinski definition) is 0. The van der Waals surface area contributed by atoms with Gasteiger partial charge in [0.05, 0.1) is 0 Å². The van der Waals surface area contributed by atoms with Crippen LogP contribution in [0.1, 0.15) is 252 Å². The highest BCUT2D eigenvalue weighted by atomic mass is 16.6. The zero-order chi connectivity index (χ0) is 54.3. The fourth-order valence-electron chi connectivity index (χ4n) is 7.86. The molecule has 0 fully saturated rings. The van der Waals surface area contributed by atoms with Crippen molar-refractivity contribution in [3.8, 4) is 0 Å². The van der Waals surface area contributed by atoms with Gasteiger partial charge in [-0.1, -0.05) is 256 Å². The highest BCUT2D eigenvalue weighted by Crippen LogP contribution is 2.14. The number of unbranched alkanes of at least 4 members (excludes halogenated alkanes) is 18. The van der Waals surface area contributed by atoms with Gasteiger partial charge in [-0.2, -0.15) is 0 Å². The van der Waals surface area contributed by atoms with E-state index in [1.165, 1.54) is 64.2 Å². The van der Waals surface area contributed by atoms with Gasteiger partial charge in [0, 0.05) is 19.3 Å². The van der Waals surface area contributed by atoms with Crippen LogP contribution in [-0.2, 0) is 28.6 Å². The Hall–Kier alpha value is -4.71. The molecule has 0 saturated carbocycles. The van der Waals surface area contributed by atoms with Crippen molar-refractivity contribution >= 4 is 17.9 Å². The first-order valence-corrected chi connectivity index (χ1v) is 30.3. The van der Waals surface area contributed by atoms with E-state index in [1.54, 1.807) is 0 Å². The average molecular weight is 1040 g/mol. The van der Waals surface area contributed by atoms with E-state index in [1.807, 2.05) is 0 Å². The molecule has 75 heavy (non-hydrogen) atoms. The Balaban J connectivity index is 4.48. The van der Waals surface area contributed by atoms with Crippen molar-refractivity contribution in [2.45, 2.75) is 258 Å². The molecule has 0 rings (SSSR count). The topological polar surface area (TPSA) is 78.9 Å². The lowest BCUT2D eigenvalue weighted by Gasteiger charge is -2.18. The molecule has 0 aliphatic carbocycles. The Labute approximate surface area is 461 Å². The minimum atomic E-state index is -0.814. The predicted molar refractivity (Wildman–Crippen MR) is 325 cm³/mol. The Kier molecular flexibility index (Phi) is 58.0. The van der Waals surface area contributed by atoms with Gasteiger partial charge in [-0.25, -0.2) is 0 Å². The molecule has 0 aromatic rings. The summed E-state index contributed by atoms with van der Waals surface area (Å²) in [5, 5.41) is 0. The highest BCUT2D eigenvalue weighted by Gasteiger charge is 2.19. The van der Waals surface area contributed by atoms with Gasteiger partial charge in [0.1, 0.15) is 13.2 Å². The van der Waals surface area contributed by atoms with Crippen LogP contribution < -0.4 is 0 Å². The second-order valence-corrected chi connectivity index (χ2v) is 19.5. The summed E-state index contributed by atoms with van der Waals surface area (Å²) >= 11 is 0. The van der Waals surface area contributed by atoms with E-state index in [2.05, 4.69) is 167 Å². The quantitative estimate of drug-likeness (QED) is 0.0261. The minimum absolute atomic E-state index is 0.105. The molecule has 0 radical (unpaired) electrons. The fraction of sp³-hybridized carbons (Fsp3) is 0.609. The van der Waals surface area contributed by atoms with E-state index in [-0.39, 0.29) is 37.5 Å². The number of rotatable bonds is 53. The van der Waals surface area contributed by atoms with E-state index < -0.39 is 6.10 Å². The second kappa shape index (κ2) is 61.8. The molecule has 6 nitrogen and oxygen atoms in total. The summed E-state index contributed by atoms with van der Waals surface area (Å²) in [4.78, 5) is 38.2. The molecule has 0 N–H and O–H groups in total. The van der Waals surface area contributed by atoms with Gasteiger partial charge in [0.2, 0.25) is 0 Å². The number of allylic oxidation sites excluding steroid dienone is 24. The Morgan fingerprint density at radius 3 is 0.840 bits per heavy atom. The first-order chi connectivity index (χ1) is 37.0. The highest BCUT2D eigenvalue weighted by molar-refractivity contribution is 5.71. The smallest absolute Gasteiger partial charge is 0.306 e. The van der Waals surface area contributed by atoms with Gasteiger partial charge in [-0.15, -0.1) is 0 Å². The minimum Gasteiger partial charge on any atom is -0.462 e. The van der Waals surface area contributed by atoms with Crippen LogP contribution in [0.4, 0.5) is 0 Å². The third-order valence-corrected chi connectivity index (χ3v) is 12.3. The Morgan fingerprint density at radius 1 is 0.280 bits per heavy atom. The van der Waals surface area contributed by atoms with E-state index in [0.29, 0.717) is 19.3 Å². The summed E-state index contributed by atoms with van der Waals surface area (Å²) in [6.45, 7) is 6.35. The summed E-state index contributed by atoms with van der Waals surface area (Å²) in [6, 6.07) is 0. The maximum Gasteiger partial charge on any atom is 0.306 e. The van der Waals surface area contributed by atoms with Gasteiger partial charge in [0.15, 0.2) is 6.10 Å². The van der Waals surface area contributed by atoms with Crippen LogP contribution in [0, 0.1) is 0 Å². The molecule has 0 aromatic heterocycles. The SMILES string of the molecule is CC/C=C\C/C=C\C/C=C\C/C=C\C/C=C\C/C=C\C/C=C\C/C=C\CCCCC(=O)OCC(COC(=O)CCCCCCCCCCCCCCC)OC(=O)CCCCCC/C=C\C/C=C\C/C=C\C/C=C\CC. The van der Waals surface area contributed by atoms with Crippen LogP contribution in [0.5, 0.6) is 0 Å². The summed E-state index contributed by atoms with van der Waals surface area (Å²) in [5.74, 6) is -0.978. The van der Waals surface area contributed by atoms with Crippen molar-refractivity contribution in [3.05, 3.63) is 146 Å². The first-order valence-electron chi connectivity index (χ1n) is 30.3. The molecule has 422 valence electrons. The molecule has 1 atom stereocenters. The van der Waals surface area contributed by atoms with E-state index >= 15 is 0 Å². The zero-order valence-electron chi connectivity index (χ0n) is 48.3. The first kappa shape index (κ1) is 70.3. The maximum atomic E-state index is 12.9. The van der Waals surface area contributed by atoms with Gasteiger partial charge in [0.25, 0.3) is 0 Å². The number of hydrogen-bond acceptors (Lipinski definition) is 6. The van der Waals surface area contributed by atoms with Crippen LogP contribution in [0.2, 0.25) is 0 Å². The monoisotopic (exact) mass is 1030 g/mol. The van der Waals surface area contributed by atoms with Gasteiger partial charge in [-0.3, -0.25) is 14.4 Å². The van der Waals surface area contributed by atoms with Crippen molar-refractivity contribution < 1.29 is 28.6 Å². The number of carbonyl (C=O) groups excluding carboxylic acids is 3. The van der Waals surface area contributed by atoms with Gasteiger partial charge < -0.3 is 14.2 Å². The summed E-state index contributed by atoms with van der Waals surface area (Å²) in [7, 11) is 0. The molecule has 1 unspecified atom stereocenters. The summed E-state index contributed by atoms with van der Waals surface area (Å²) in [5.41, 5.74) is 0. The lowest BCUT2D eigenvalue weighted by molar-refractivity contribution is -0.167. The van der Waals surface area contributed by atoms with Crippen molar-refractivity contribution in [1.82, 2.24) is 0 Å². The Bertz CT molecular complexity index is 1660. The van der Waals surface area contributed by atoms with Crippen LogP contribution in [0.15, 0.2) is 146 Å². The van der Waals surface area contributed by atoms with Crippen molar-refractivity contribution in [2.24, 2.45) is 0 Å². The molecule has 0 aliphatic heterocycles. The summed E-state index contributed by atoms with van der Waals surface area (Å²) in [6.07, 6.45) is 88.4. The predicted octanol–water partition coefficient (Wildman–Crippen LogP) is 20.8. The largest absolute Gasteiger partial charge is 0.462 e. The molecule has 0 aliphatic rings. The van der Waals surface area contributed by atoms with Crippen LogP contribution in [0.3, 0.4) is 0 Å². The third-order valence-electron chi connectivity index (χ3n) is 12.3. The van der Waals surface area contributed by atoms with Gasteiger partial charge in [-0.05, 0) is 122 Å². The average Bonchev–Trinajstić information content (AvgIpc) is 3.41. The van der Waals surface area contributed by atoms with E-state index in [4.69, 9.17) is 14.2 Å². The second-order valence-electron chi connectivity index (χ2n) is 19.5. The van der Waals surface area contributed by atoms with Crippen LogP contribution in [0.25, 0.3) is 0 Å². The number of esters is 3. The van der Waals surface area contributed by atoms with Crippen molar-refractivity contribution in [3.63, 3.8) is 0 Å². The normalized spacial score (nSPS) is 13.2. The lowest BCUT2D eigenvalue weighted by atomic mass is 10.0. The molecule has 6 heteroatoms. The fourth-order valence-corrected chi connectivity index (χ4v) is 7.86. The molecular weight excluding hydrogens is 925 g/mol. The van der Waals surface area contributed by atoms with E-state index in [0.717, 1.165) is 141 Å². The number of carbonyl (C=O) groups is 3. The standard InChI is InChI=1S/C69H110O6/c1-4-7-10-13-16-19-22-25-27-29-30-31-32-33-34-35-36-37-38-40-41-44-47-50-53-56-59-62-68(71)74-65-66(64-73-67(70)61-58-55-52-49-46-43-24-21-18-15-12-9-6-3)75-69(72)63-60-57-54-51-48-45-42-39-28-26-23-20-17-14-11-8-5-2/h7-8,10-11,16-17,19-20,25-28,30-31,33-34,36-37,40-42,45,47,50,66H,4-6,9,12-15,18,21-24,29,32,35,38-39,43-44,46,48-49,51-65H2,1-3H3/b10-7-,11-8-,19-16-,20-17-,27-25-,28-26-,31-30-,34-33-,37-36-,41-40-,45-42-,50-47-. The zero-order valence-corrected chi connectivity index (χ0v) is 48.3. The maximum absolute atomic E-state index is 12.9. The molecule has 0 saturated heterocycles. The molecular formula is C69H110O6. The molecule has 0 amide bonds. The van der Waals surface area contributed by atoms with Crippen LogP contribution >= 0.6 is 0 Å². The summed E-state index contributed by atoms with van der Waals surface area (Å²) < 4.78 is 16.8. The van der Waals surface area contributed by atoms with Crippen molar-refractivity contribution in [2.75, 3.05) is 13.2 Å². The lowest BCUT2D eigenvalue weighted by Crippen LogP contribution is -2.30. The van der Waals surface area contributed by atoms with E-state index in [9.17, 15) is 14.4 Å². The van der Waals surface area contributed by atoms with Crippen LogP contribution in [-0.4, -0.2) is 37.2 Å². The molecule has 0 bridgehead atoms. The Morgan fingerprint density at radius 2 is 0.520 bits per heavy atom. The van der Waals surface area contributed by atoms with Gasteiger partial charge >= 0.3 is 17.9 Å². The molecule has 0 spiro atoms. The number of ether oxygens (including phenoxy) is 3. The molecule has 0 heterocycles. The third kappa shape index (κ3) is 60.0.